The molecule has 1 aliphatic rings. The van der Waals surface area contributed by atoms with Gasteiger partial charge in [-0.15, -0.1) is 0 Å². The lowest BCUT2D eigenvalue weighted by atomic mass is 9.87. The summed E-state index contributed by atoms with van der Waals surface area (Å²) in [5, 5.41) is 46.1. The van der Waals surface area contributed by atoms with Crippen molar-refractivity contribution in [2.75, 3.05) is 37.8 Å². The van der Waals surface area contributed by atoms with Crippen LogP contribution >= 0.6 is 35.2 Å². The fraction of sp³-hybridized carbons (Fsp3) is 0.742. The summed E-state index contributed by atoms with van der Waals surface area (Å²) < 4.78 is 62.2. The number of nitrogen functional groups attached to an aromatic ring is 1. The summed E-state index contributed by atoms with van der Waals surface area (Å²) in [7, 11) is -16.4. The van der Waals surface area contributed by atoms with E-state index in [1.807, 2.05) is 6.92 Å². The fourth-order valence-electron chi connectivity index (χ4n) is 5.69. The van der Waals surface area contributed by atoms with E-state index in [0.717, 1.165) is 48.2 Å². The molecule has 1 fully saturated rings. The van der Waals surface area contributed by atoms with Crippen molar-refractivity contribution in [1.29, 1.82) is 0 Å². The second-order valence-corrected chi connectivity index (χ2v) is 19.9. The Balaban J connectivity index is 1.42. The van der Waals surface area contributed by atoms with E-state index in [2.05, 4.69) is 34.4 Å². The Morgan fingerprint density at radius 1 is 1.00 bits per heavy atom. The van der Waals surface area contributed by atoms with Gasteiger partial charge < -0.3 is 61.1 Å². The lowest BCUT2D eigenvalue weighted by molar-refractivity contribution is -0.137. The Morgan fingerprint density at radius 2 is 1.69 bits per heavy atom. The number of hydrogen-bond acceptors (Lipinski definition) is 20. The zero-order valence-corrected chi connectivity index (χ0v) is 36.9. The predicted molar refractivity (Wildman–Crippen MR) is 212 cm³/mol. The first-order valence-electron chi connectivity index (χ1n) is 18.8. The van der Waals surface area contributed by atoms with Gasteiger partial charge in [0, 0.05) is 37.1 Å². The zero-order chi connectivity index (χ0) is 45.8. The molecule has 3 rings (SSSR count). The number of aromatic nitrogens is 4. The van der Waals surface area contributed by atoms with Gasteiger partial charge in [-0.1, -0.05) is 51.8 Å². The number of carbonyl (C=O) groups excluding carboxylic acids is 3. The largest absolute Gasteiger partial charge is 0.481 e. The van der Waals surface area contributed by atoms with Gasteiger partial charge in [-0.05, 0) is 12.8 Å². The van der Waals surface area contributed by atoms with Crippen LogP contribution in [0.5, 0.6) is 0 Å². The van der Waals surface area contributed by atoms with E-state index in [1.165, 1.54) is 13.8 Å². The minimum absolute atomic E-state index is 0.0222. The van der Waals surface area contributed by atoms with Crippen LogP contribution < -0.4 is 16.4 Å². The number of imidazole rings is 1. The number of thioether (sulfide) groups is 1. The summed E-state index contributed by atoms with van der Waals surface area (Å²) in [5.74, 6) is -1.35. The summed E-state index contributed by atoms with van der Waals surface area (Å²) in [6.45, 7) is 2.30. The molecule has 0 radical (unpaired) electrons. The highest BCUT2D eigenvalue weighted by atomic mass is 32.2. The standard InChI is InChI=1S/C31H54N7O19P3S/c1-4-5-6-7-18(39)12-19(40)13-22(42)61-11-10-33-21(41)8-9-34-29(45)26(44)31(2,3)15-54-60(51,52)57-59(49,50)53-14-20-25(56-58(46,47)48)24(43)30(55-20)38-17-37-23-27(32)35-16-36-28(23)38/h16-20,24-26,30,39-40,43-44H,4-15H2,1-3H3,(H,33,41)(H,34,45)(H,49,50)(H,51,52)(H2,32,35,36)(H2,46,47,48). The number of carbonyl (C=O) groups is 3. The number of nitrogens with two attached hydrogens (primary N) is 1. The molecule has 0 spiro atoms. The van der Waals surface area contributed by atoms with Crippen molar-refractivity contribution in [3.8, 4) is 0 Å². The van der Waals surface area contributed by atoms with E-state index >= 15 is 0 Å². The molecule has 2 amide bonds. The Bertz CT molecular complexity index is 1920. The van der Waals surface area contributed by atoms with Crippen molar-refractivity contribution in [2.24, 2.45) is 5.41 Å². The first-order valence-corrected chi connectivity index (χ1v) is 24.3. The maximum absolute atomic E-state index is 12.7. The van der Waals surface area contributed by atoms with Crippen LogP contribution in [0, 0.1) is 5.41 Å². The molecular weight excluding hydrogens is 899 g/mol. The van der Waals surface area contributed by atoms with Crippen molar-refractivity contribution in [1.82, 2.24) is 30.2 Å². The number of unbranched alkanes of at least 4 members (excludes halogenated alkanes) is 2. The number of phosphoric acid groups is 3. The third-order valence-corrected chi connectivity index (χ3v) is 12.8. The molecule has 3 heterocycles. The monoisotopic (exact) mass is 953 g/mol. The first kappa shape index (κ1) is 52.8. The molecule has 2 aromatic rings. The fourth-order valence-corrected chi connectivity index (χ4v) is 9.26. The molecule has 1 saturated heterocycles. The number of ether oxygens (including phenoxy) is 1. The van der Waals surface area contributed by atoms with Crippen LogP contribution in [0.1, 0.15) is 71.9 Å². The van der Waals surface area contributed by atoms with Gasteiger partial charge >= 0.3 is 23.5 Å². The average Bonchev–Trinajstić information content (AvgIpc) is 3.71. The maximum atomic E-state index is 12.7. The molecule has 1 aliphatic heterocycles. The van der Waals surface area contributed by atoms with Crippen molar-refractivity contribution in [3.63, 3.8) is 0 Å². The molecule has 0 aromatic carbocycles. The number of aliphatic hydroxyl groups excluding tert-OH is 4. The number of nitrogens with zero attached hydrogens (tertiary/aromatic N) is 4. The molecule has 348 valence electrons. The molecule has 0 aliphatic carbocycles. The average molecular weight is 954 g/mol. The van der Waals surface area contributed by atoms with Gasteiger partial charge in [0.2, 0.25) is 11.8 Å². The lowest BCUT2D eigenvalue weighted by Crippen LogP contribution is -2.46. The van der Waals surface area contributed by atoms with Crippen LogP contribution in [-0.2, 0) is 50.7 Å². The first-order chi connectivity index (χ1) is 28.3. The van der Waals surface area contributed by atoms with Crippen molar-refractivity contribution >= 4 is 69.1 Å². The Labute approximate surface area is 353 Å². The number of phosphoric ester groups is 3. The van der Waals surface area contributed by atoms with E-state index in [9.17, 15) is 68.1 Å². The summed E-state index contributed by atoms with van der Waals surface area (Å²) in [6, 6.07) is 0. The highest BCUT2D eigenvalue weighted by Gasteiger charge is 2.50. The van der Waals surface area contributed by atoms with Crippen LogP contribution in [0.25, 0.3) is 11.2 Å². The molecule has 0 saturated carbocycles. The third kappa shape index (κ3) is 17.5. The lowest BCUT2D eigenvalue weighted by Gasteiger charge is -2.30. The number of rotatable bonds is 27. The van der Waals surface area contributed by atoms with Gasteiger partial charge in [0.15, 0.2) is 22.8 Å². The molecular formula is C31H54N7O19P3S. The molecule has 2 aromatic heterocycles. The van der Waals surface area contributed by atoms with Crippen LogP contribution in [0.2, 0.25) is 0 Å². The minimum atomic E-state index is -5.59. The SMILES string of the molecule is CCCCCC(O)CC(O)CC(=O)SCCNC(=O)CCNC(=O)C(O)C(C)(C)COP(=O)(O)OP(=O)(O)OCC1OC(n2cnc3c(N)ncnc32)C(O)C1OP(=O)(O)O. The number of anilines is 1. The molecule has 9 unspecified atom stereocenters. The van der Waals surface area contributed by atoms with Gasteiger partial charge in [-0.2, -0.15) is 4.31 Å². The number of amides is 2. The summed E-state index contributed by atoms with van der Waals surface area (Å²) in [6.07, 6.45) is -5.45. The summed E-state index contributed by atoms with van der Waals surface area (Å²) >= 11 is 0.905. The van der Waals surface area contributed by atoms with Gasteiger partial charge in [0.1, 0.15) is 36.3 Å². The minimum Gasteiger partial charge on any atom is -0.393 e. The highest BCUT2D eigenvalue weighted by molar-refractivity contribution is 8.13. The predicted octanol–water partition coefficient (Wildman–Crippen LogP) is -0.253. The molecule has 30 heteroatoms. The highest BCUT2D eigenvalue weighted by Crippen LogP contribution is 2.61. The van der Waals surface area contributed by atoms with E-state index in [1.54, 1.807) is 0 Å². The molecule has 9 atom stereocenters. The van der Waals surface area contributed by atoms with Gasteiger partial charge in [-0.3, -0.25) is 32.5 Å². The summed E-state index contributed by atoms with van der Waals surface area (Å²) in [4.78, 5) is 87.9. The second kappa shape index (κ2) is 23.4. The molecule has 12 N–H and O–H groups in total. The molecule has 61 heavy (non-hydrogen) atoms. The number of aliphatic hydroxyl groups is 4. The third-order valence-electron chi connectivity index (χ3n) is 8.85. The van der Waals surface area contributed by atoms with Crippen LogP contribution in [0.3, 0.4) is 0 Å². The number of nitrogens with one attached hydrogen (secondary N) is 2. The van der Waals surface area contributed by atoms with Gasteiger partial charge in [0.05, 0.1) is 31.7 Å². The molecule has 0 bridgehead atoms. The van der Waals surface area contributed by atoms with Crippen LogP contribution in [0.4, 0.5) is 5.82 Å². The number of fused-ring (bicyclic) bond motifs is 1. The van der Waals surface area contributed by atoms with E-state index < -0.39 is 96.8 Å². The number of hydrogen-bond donors (Lipinski definition) is 11. The van der Waals surface area contributed by atoms with Crippen LogP contribution in [-0.4, -0.2) is 145 Å². The topological polar surface area (TPSA) is 404 Å². The van der Waals surface area contributed by atoms with E-state index in [-0.39, 0.29) is 60.2 Å². The quantitative estimate of drug-likeness (QED) is 0.0406. The normalized spacial score (nSPS) is 22.0. The zero-order valence-electron chi connectivity index (χ0n) is 33.4. The smallest absolute Gasteiger partial charge is 0.393 e. The van der Waals surface area contributed by atoms with Gasteiger partial charge in [-0.25, -0.2) is 28.6 Å². The molecule has 26 nitrogen and oxygen atoms in total. The van der Waals surface area contributed by atoms with Crippen molar-refractivity contribution in [3.05, 3.63) is 12.7 Å². The second-order valence-electron chi connectivity index (χ2n) is 14.5. The Kier molecular flexibility index (Phi) is 20.3. The van der Waals surface area contributed by atoms with Crippen molar-refractivity contribution < 1.29 is 90.7 Å². The Hall–Kier alpha value is -2.52. The van der Waals surface area contributed by atoms with Gasteiger partial charge in [0.25, 0.3) is 0 Å². The van der Waals surface area contributed by atoms with E-state index in [4.69, 9.17) is 19.5 Å². The maximum Gasteiger partial charge on any atom is 0.481 e. The van der Waals surface area contributed by atoms with Crippen molar-refractivity contribution in [2.45, 2.75) is 109 Å². The summed E-state index contributed by atoms with van der Waals surface area (Å²) in [5.41, 5.74) is 4.22. The van der Waals surface area contributed by atoms with Crippen LogP contribution in [0.15, 0.2) is 12.7 Å². The van der Waals surface area contributed by atoms with E-state index in [0.29, 0.717) is 6.42 Å². The Morgan fingerprint density at radius 3 is 2.36 bits per heavy atom.